The van der Waals surface area contributed by atoms with Gasteiger partial charge in [-0.15, -0.1) is 22.7 Å². The number of nitrogens with zero attached hydrogens (tertiary/aromatic N) is 3. The summed E-state index contributed by atoms with van der Waals surface area (Å²) in [4.78, 5) is 9.80. The molecule has 0 saturated carbocycles. The Morgan fingerprint density at radius 3 is 2.90 bits per heavy atom. The molecule has 1 N–H and O–H groups in total. The van der Waals surface area contributed by atoms with Crippen LogP contribution in [-0.2, 0) is 12.1 Å². The van der Waals surface area contributed by atoms with Crippen LogP contribution in [0.3, 0.4) is 0 Å². The summed E-state index contributed by atoms with van der Waals surface area (Å²) in [7, 11) is 1.65. The van der Waals surface area contributed by atoms with Crippen molar-refractivity contribution in [3.8, 4) is 5.88 Å². The van der Waals surface area contributed by atoms with Crippen LogP contribution in [0.15, 0.2) is 23.2 Å². The highest BCUT2D eigenvalue weighted by Gasteiger charge is 2.24. The highest BCUT2D eigenvalue weighted by atomic mass is 32.1. The Kier molecular flexibility index (Phi) is 3.49. The second kappa shape index (κ2) is 5.16. The second-order valence-corrected chi connectivity index (χ2v) is 6.71. The van der Waals surface area contributed by atoms with E-state index in [0.717, 1.165) is 15.7 Å². The largest absolute Gasteiger partial charge is 0.480 e. The molecule has 3 aromatic heterocycles. The molecule has 0 radical (unpaired) electrons. The molecule has 0 fully saturated rings. The summed E-state index contributed by atoms with van der Waals surface area (Å²) in [6, 6.07) is 0. The molecule has 5 nitrogen and oxygen atoms in total. The van der Waals surface area contributed by atoms with Gasteiger partial charge in [0.25, 0.3) is 0 Å². The standard InChI is InChI=1S/C13H16N4OS2/c1-13(2,11-14-4-6-19-11)15-8-9-10(18-3)16-12-17(9)5-7-20-12/h4-7,15H,8H2,1-3H3. The van der Waals surface area contributed by atoms with Crippen molar-refractivity contribution >= 4 is 27.6 Å². The van der Waals surface area contributed by atoms with E-state index >= 15 is 0 Å². The fourth-order valence-electron chi connectivity index (χ4n) is 2.05. The predicted molar refractivity (Wildman–Crippen MR) is 81.6 cm³/mol. The number of methoxy groups -OCH3 is 1. The first-order chi connectivity index (χ1) is 9.62. The van der Waals surface area contributed by atoms with Crippen LogP contribution in [0.1, 0.15) is 24.5 Å². The molecule has 3 aromatic rings. The lowest BCUT2D eigenvalue weighted by molar-refractivity contribution is 0.370. The molecule has 0 aliphatic carbocycles. The van der Waals surface area contributed by atoms with Gasteiger partial charge in [0.15, 0.2) is 4.96 Å². The van der Waals surface area contributed by atoms with E-state index in [0.29, 0.717) is 12.4 Å². The summed E-state index contributed by atoms with van der Waals surface area (Å²) in [5.41, 5.74) is 0.854. The van der Waals surface area contributed by atoms with E-state index in [9.17, 15) is 0 Å². The van der Waals surface area contributed by atoms with Crippen LogP contribution in [0.25, 0.3) is 4.96 Å². The zero-order chi connectivity index (χ0) is 14.2. The molecule has 0 aromatic carbocycles. The molecule has 0 saturated heterocycles. The van der Waals surface area contributed by atoms with Gasteiger partial charge in [-0.1, -0.05) is 0 Å². The molecule has 0 bridgehead atoms. The lowest BCUT2D eigenvalue weighted by Crippen LogP contribution is -2.36. The Morgan fingerprint density at radius 1 is 1.35 bits per heavy atom. The number of hydrogen-bond acceptors (Lipinski definition) is 6. The average molecular weight is 308 g/mol. The zero-order valence-electron chi connectivity index (χ0n) is 11.6. The van der Waals surface area contributed by atoms with E-state index in [1.165, 1.54) is 0 Å². The van der Waals surface area contributed by atoms with E-state index in [2.05, 4.69) is 33.5 Å². The van der Waals surface area contributed by atoms with Crippen LogP contribution in [0.4, 0.5) is 0 Å². The fourth-order valence-corrected chi connectivity index (χ4v) is 3.51. The van der Waals surface area contributed by atoms with E-state index in [1.807, 2.05) is 23.2 Å². The van der Waals surface area contributed by atoms with Crippen molar-refractivity contribution in [2.75, 3.05) is 7.11 Å². The van der Waals surface area contributed by atoms with Gasteiger partial charge in [-0.05, 0) is 13.8 Å². The summed E-state index contributed by atoms with van der Waals surface area (Å²) in [6.07, 6.45) is 3.85. The smallest absolute Gasteiger partial charge is 0.237 e. The van der Waals surface area contributed by atoms with Gasteiger partial charge in [0.1, 0.15) is 10.7 Å². The molecule has 0 unspecified atom stereocenters. The monoisotopic (exact) mass is 308 g/mol. The van der Waals surface area contributed by atoms with E-state index in [1.54, 1.807) is 29.8 Å². The molecule has 3 rings (SSSR count). The van der Waals surface area contributed by atoms with Gasteiger partial charge in [-0.2, -0.15) is 4.98 Å². The second-order valence-electron chi connectivity index (χ2n) is 4.94. The highest BCUT2D eigenvalue weighted by Crippen LogP contribution is 2.26. The maximum absolute atomic E-state index is 5.37. The van der Waals surface area contributed by atoms with Crippen LogP contribution in [0.5, 0.6) is 5.88 Å². The fraction of sp³-hybridized carbons (Fsp3) is 0.385. The third kappa shape index (κ3) is 2.32. The van der Waals surface area contributed by atoms with Crippen molar-refractivity contribution in [2.24, 2.45) is 0 Å². The molecule has 0 atom stereocenters. The minimum absolute atomic E-state index is 0.181. The Balaban J connectivity index is 1.84. The van der Waals surface area contributed by atoms with Crippen molar-refractivity contribution < 1.29 is 4.74 Å². The Bertz CT molecular complexity index is 699. The van der Waals surface area contributed by atoms with Crippen LogP contribution in [0, 0.1) is 0 Å². The summed E-state index contributed by atoms with van der Waals surface area (Å²) in [6.45, 7) is 4.93. The van der Waals surface area contributed by atoms with Crippen LogP contribution in [-0.4, -0.2) is 21.5 Å². The molecule has 3 heterocycles. The number of nitrogens with one attached hydrogen (secondary N) is 1. The number of aromatic nitrogens is 3. The molecule has 20 heavy (non-hydrogen) atoms. The minimum Gasteiger partial charge on any atom is -0.480 e. The van der Waals surface area contributed by atoms with Gasteiger partial charge in [0, 0.05) is 29.7 Å². The Labute approximate surface area is 125 Å². The van der Waals surface area contributed by atoms with Crippen LogP contribution >= 0.6 is 22.7 Å². The first-order valence-electron chi connectivity index (χ1n) is 6.25. The number of thiazole rings is 2. The highest BCUT2D eigenvalue weighted by molar-refractivity contribution is 7.15. The summed E-state index contributed by atoms with van der Waals surface area (Å²) < 4.78 is 7.43. The maximum Gasteiger partial charge on any atom is 0.237 e. The maximum atomic E-state index is 5.37. The van der Waals surface area contributed by atoms with Gasteiger partial charge in [0.05, 0.1) is 12.6 Å². The Morgan fingerprint density at radius 2 is 2.20 bits per heavy atom. The Hall–Kier alpha value is -1.44. The number of ether oxygens (including phenoxy) is 1. The predicted octanol–water partition coefficient (Wildman–Crippen LogP) is 2.89. The number of hydrogen-bond donors (Lipinski definition) is 1. The SMILES string of the molecule is COc1nc2sccn2c1CNC(C)(C)c1nccs1. The van der Waals surface area contributed by atoms with Gasteiger partial charge in [-0.3, -0.25) is 4.40 Å². The van der Waals surface area contributed by atoms with E-state index < -0.39 is 0 Å². The van der Waals surface area contributed by atoms with Crippen molar-refractivity contribution in [2.45, 2.75) is 25.9 Å². The van der Waals surface area contributed by atoms with Crippen LogP contribution in [0.2, 0.25) is 0 Å². The first-order valence-corrected chi connectivity index (χ1v) is 8.01. The zero-order valence-corrected chi connectivity index (χ0v) is 13.2. The lowest BCUT2D eigenvalue weighted by atomic mass is 10.1. The van der Waals surface area contributed by atoms with Crippen molar-refractivity contribution in [3.05, 3.63) is 33.9 Å². The van der Waals surface area contributed by atoms with Gasteiger partial charge in [-0.25, -0.2) is 4.98 Å². The average Bonchev–Trinajstić information content (AvgIpc) is 3.13. The van der Waals surface area contributed by atoms with Crippen molar-refractivity contribution in [1.82, 2.24) is 19.7 Å². The topological polar surface area (TPSA) is 51.5 Å². The number of fused-ring (bicyclic) bond motifs is 1. The quantitative estimate of drug-likeness (QED) is 0.787. The minimum atomic E-state index is -0.181. The third-order valence-corrected chi connectivity index (χ3v) is 5.04. The molecular formula is C13H16N4OS2. The molecule has 0 amide bonds. The lowest BCUT2D eigenvalue weighted by Gasteiger charge is -2.23. The van der Waals surface area contributed by atoms with Gasteiger partial charge >= 0.3 is 0 Å². The molecular weight excluding hydrogens is 292 g/mol. The van der Waals surface area contributed by atoms with Gasteiger partial charge < -0.3 is 10.1 Å². The summed E-state index contributed by atoms with van der Waals surface area (Å²) in [5.74, 6) is 0.680. The van der Waals surface area contributed by atoms with Crippen molar-refractivity contribution in [3.63, 3.8) is 0 Å². The molecule has 0 aliphatic heterocycles. The number of imidazole rings is 1. The van der Waals surface area contributed by atoms with Crippen LogP contribution < -0.4 is 10.1 Å². The first kappa shape index (κ1) is 13.5. The molecule has 0 spiro atoms. The summed E-state index contributed by atoms with van der Waals surface area (Å²) >= 11 is 3.26. The summed E-state index contributed by atoms with van der Waals surface area (Å²) in [5, 5.41) is 8.62. The van der Waals surface area contributed by atoms with Crippen molar-refractivity contribution in [1.29, 1.82) is 0 Å². The molecule has 106 valence electrons. The van der Waals surface area contributed by atoms with E-state index in [-0.39, 0.29) is 5.54 Å². The van der Waals surface area contributed by atoms with Gasteiger partial charge in [0.2, 0.25) is 5.88 Å². The van der Waals surface area contributed by atoms with E-state index in [4.69, 9.17) is 4.74 Å². The molecule has 7 heteroatoms. The number of rotatable bonds is 5. The molecule has 0 aliphatic rings. The normalized spacial score (nSPS) is 12.2. The third-order valence-electron chi connectivity index (χ3n) is 3.18.